The number of benzene rings is 2. The largest absolute Gasteiger partial charge is 0.326 e. The van der Waals surface area contributed by atoms with Crippen LogP contribution in [0.15, 0.2) is 47.4 Å². The summed E-state index contributed by atoms with van der Waals surface area (Å²) in [6.07, 6.45) is 2.88. The topological polar surface area (TPSA) is 90.3 Å². The van der Waals surface area contributed by atoms with Crippen molar-refractivity contribution < 1.29 is 13.2 Å². The molecule has 2 aliphatic rings. The van der Waals surface area contributed by atoms with E-state index in [0.717, 1.165) is 18.4 Å². The summed E-state index contributed by atoms with van der Waals surface area (Å²) in [5.41, 5.74) is 1.21. The first-order valence-electron chi connectivity index (χ1n) is 10.0. The Hall–Kier alpha value is -2.11. The van der Waals surface area contributed by atoms with Crippen molar-refractivity contribution in [3.8, 4) is 6.07 Å². The van der Waals surface area contributed by atoms with Gasteiger partial charge in [0.05, 0.1) is 22.4 Å². The van der Waals surface area contributed by atoms with Crippen LogP contribution in [-0.2, 0) is 20.2 Å². The van der Waals surface area contributed by atoms with Gasteiger partial charge < -0.3 is 5.32 Å². The lowest BCUT2D eigenvalue weighted by atomic mass is 9.97. The van der Waals surface area contributed by atoms with E-state index < -0.39 is 15.9 Å². The number of hydrogen-bond donors (Lipinski definition) is 1. The maximum absolute atomic E-state index is 13.1. The van der Waals surface area contributed by atoms with Crippen molar-refractivity contribution in [3.05, 3.63) is 58.1 Å². The van der Waals surface area contributed by atoms with Gasteiger partial charge in [-0.05, 0) is 61.6 Å². The highest BCUT2D eigenvalue weighted by Crippen LogP contribution is 2.47. The number of piperidine rings is 1. The molecule has 0 unspecified atom stereocenters. The number of halogens is 2. The fraction of sp³-hybridized carbons (Fsp3) is 0.364. The highest BCUT2D eigenvalue weighted by atomic mass is 35.5. The third kappa shape index (κ3) is 4.44. The zero-order valence-electron chi connectivity index (χ0n) is 16.6. The zero-order valence-corrected chi connectivity index (χ0v) is 19.0. The molecule has 1 heterocycles. The summed E-state index contributed by atoms with van der Waals surface area (Å²) in [4.78, 5) is 12.8. The molecule has 2 aromatic rings. The lowest BCUT2D eigenvalue weighted by molar-refractivity contribution is -0.120. The number of anilines is 1. The molecule has 1 aliphatic heterocycles. The Morgan fingerprint density at radius 3 is 2.52 bits per heavy atom. The van der Waals surface area contributed by atoms with Crippen molar-refractivity contribution in [2.75, 3.05) is 18.4 Å². The number of nitrogens with zero attached hydrogens (tertiary/aromatic N) is 2. The van der Waals surface area contributed by atoms with E-state index in [1.165, 1.54) is 22.5 Å². The Balaban J connectivity index is 1.45. The van der Waals surface area contributed by atoms with E-state index in [-0.39, 0.29) is 32.8 Å². The second kappa shape index (κ2) is 8.44. The molecule has 9 heteroatoms. The van der Waals surface area contributed by atoms with Crippen molar-refractivity contribution >= 4 is 44.8 Å². The molecule has 6 nitrogen and oxygen atoms in total. The predicted molar refractivity (Wildman–Crippen MR) is 120 cm³/mol. The molecular weight excluding hydrogens is 457 g/mol. The van der Waals surface area contributed by atoms with Crippen molar-refractivity contribution in [2.45, 2.75) is 36.0 Å². The minimum Gasteiger partial charge on any atom is -0.326 e. The molecule has 1 N–H and O–H groups in total. The van der Waals surface area contributed by atoms with E-state index in [1.54, 1.807) is 12.1 Å². The first-order valence-corrected chi connectivity index (χ1v) is 12.2. The summed E-state index contributed by atoms with van der Waals surface area (Å²) in [5, 5.41) is 12.6. The third-order valence-electron chi connectivity index (χ3n) is 5.94. The Morgan fingerprint density at radius 2 is 1.87 bits per heavy atom. The van der Waals surface area contributed by atoms with Crippen LogP contribution in [0, 0.1) is 17.2 Å². The minimum absolute atomic E-state index is 0.0511. The molecule has 2 fully saturated rings. The van der Waals surface area contributed by atoms with Gasteiger partial charge in [0, 0.05) is 23.8 Å². The summed E-state index contributed by atoms with van der Waals surface area (Å²) in [6.45, 7) is 0.395. The molecule has 1 saturated carbocycles. The first-order chi connectivity index (χ1) is 14.7. The van der Waals surface area contributed by atoms with E-state index in [0.29, 0.717) is 25.1 Å². The van der Waals surface area contributed by atoms with Crippen LogP contribution < -0.4 is 5.32 Å². The van der Waals surface area contributed by atoms with E-state index in [2.05, 4.69) is 11.4 Å². The summed E-state index contributed by atoms with van der Waals surface area (Å²) >= 11 is 12.1. The Kier molecular flexibility index (Phi) is 6.01. The van der Waals surface area contributed by atoms with Gasteiger partial charge in [-0.15, -0.1) is 0 Å². The van der Waals surface area contributed by atoms with Crippen LogP contribution in [-0.4, -0.2) is 31.7 Å². The number of sulfonamides is 1. The average molecular weight is 478 g/mol. The SMILES string of the molecule is N#CC1(c2ccc(NC(=O)[C@H]3CCCN(S(=O)(=O)c4cc(Cl)ccc4Cl)C3)cc2)CC1. The van der Waals surface area contributed by atoms with Crippen molar-refractivity contribution in [1.82, 2.24) is 4.31 Å². The summed E-state index contributed by atoms with van der Waals surface area (Å²) in [7, 11) is -3.87. The fourth-order valence-corrected chi connectivity index (χ4v) is 6.16. The van der Waals surface area contributed by atoms with Crippen molar-refractivity contribution in [2.24, 2.45) is 5.92 Å². The summed E-state index contributed by atoms with van der Waals surface area (Å²) < 4.78 is 27.5. The van der Waals surface area contributed by atoms with Crippen LogP contribution in [0.3, 0.4) is 0 Å². The molecule has 1 aliphatic carbocycles. The molecule has 0 spiro atoms. The number of nitriles is 1. The molecule has 0 bridgehead atoms. The van der Waals surface area contributed by atoms with Crippen molar-refractivity contribution in [3.63, 3.8) is 0 Å². The van der Waals surface area contributed by atoms with Crippen LogP contribution in [0.1, 0.15) is 31.2 Å². The number of carbonyl (C=O) groups is 1. The van der Waals surface area contributed by atoms with Crippen LogP contribution in [0.4, 0.5) is 5.69 Å². The predicted octanol–water partition coefficient (Wildman–Crippen LogP) is 4.59. The molecule has 4 rings (SSSR count). The third-order valence-corrected chi connectivity index (χ3v) is 8.52. The Labute approximate surface area is 191 Å². The maximum atomic E-state index is 13.1. The molecule has 0 radical (unpaired) electrons. The van der Waals surface area contributed by atoms with Gasteiger partial charge >= 0.3 is 0 Å². The molecule has 1 saturated heterocycles. The van der Waals surface area contributed by atoms with Gasteiger partial charge in [0.2, 0.25) is 15.9 Å². The number of amides is 1. The molecule has 1 amide bonds. The number of carbonyl (C=O) groups excluding carboxylic acids is 1. The second-order valence-corrected chi connectivity index (χ2v) is 10.8. The highest BCUT2D eigenvalue weighted by molar-refractivity contribution is 7.89. The Morgan fingerprint density at radius 1 is 1.16 bits per heavy atom. The van der Waals surface area contributed by atoms with E-state index in [1.807, 2.05) is 12.1 Å². The van der Waals surface area contributed by atoms with Gasteiger partial charge in [0.25, 0.3) is 0 Å². The first kappa shape index (κ1) is 22.1. The number of nitrogens with one attached hydrogen (secondary N) is 1. The average Bonchev–Trinajstić information content (AvgIpc) is 3.57. The van der Waals surface area contributed by atoms with Gasteiger partial charge in [0.15, 0.2) is 0 Å². The normalized spacial score (nSPS) is 20.6. The minimum atomic E-state index is -3.87. The van der Waals surface area contributed by atoms with Gasteiger partial charge in [-0.1, -0.05) is 35.3 Å². The fourth-order valence-electron chi connectivity index (χ4n) is 3.90. The lowest BCUT2D eigenvalue weighted by Gasteiger charge is -2.31. The van der Waals surface area contributed by atoms with E-state index in [4.69, 9.17) is 23.2 Å². The lowest BCUT2D eigenvalue weighted by Crippen LogP contribution is -2.43. The number of hydrogen-bond acceptors (Lipinski definition) is 4. The van der Waals surface area contributed by atoms with Gasteiger partial charge in [-0.25, -0.2) is 8.42 Å². The smallest absolute Gasteiger partial charge is 0.244 e. The van der Waals surface area contributed by atoms with Gasteiger partial charge in [-0.2, -0.15) is 9.57 Å². The van der Waals surface area contributed by atoms with Crippen LogP contribution >= 0.6 is 23.2 Å². The standard InChI is InChI=1S/C22H21Cl2N3O3S/c23-17-5-8-19(24)20(12-17)31(29,30)27-11-1-2-15(13-27)21(28)26-18-6-3-16(4-7-18)22(14-25)9-10-22/h3-8,12,15H,1-2,9-11,13H2,(H,26,28)/t15-/m0/s1. The Bertz CT molecular complexity index is 1160. The molecule has 2 aromatic carbocycles. The molecular formula is C22H21Cl2N3O3S. The van der Waals surface area contributed by atoms with Crippen LogP contribution in [0.2, 0.25) is 10.0 Å². The second-order valence-electron chi connectivity index (χ2n) is 8.04. The van der Waals surface area contributed by atoms with Crippen LogP contribution in [0.25, 0.3) is 0 Å². The maximum Gasteiger partial charge on any atom is 0.244 e. The molecule has 0 aromatic heterocycles. The van der Waals surface area contributed by atoms with Gasteiger partial charge in [0.1, 0.15) is 4.90 Å². The zero-order chi connectivity index (χ0) is 22.2. The monoisotopic (exact) mass is 477 g/mol. The molecule has 31 heavy (non-hydrogen) atoms. The van der Waals surface area contributed by atoms with E-state index in [9.17, 15) is 18.5 Å². The van der Waals surface area contributed by atoms with Crippen molar-refractivity contribution in [1.29, 1.82) is 5.26 Å². The van der Waals surface area contributed by atoms with E-state index >= 15 is 0 Å². The van der Waals surface area contributed by atoms with Crippen LogP contribution in [0.5, 0.6) is 0 Å². The summed E-state index contributed by atoms with van der Waals surface area (Å²) in [6, 6.07) is 14.0. The quantitative estimate of drug-likeness (QED) is 0.681. The molecule has 1 atom stereocenters. The molecule has 162 valence electrons. The summed E-state index contributed by atoms with van der Waals surface area (Å²) in [5.74, 6) is -0.707. The highest BCUT2D eigenvalue weighted by Gasteiger charge is 2.44. The number of rotatable bonds is 5. The van der Waals surface area contributed by atoms with Gasteiger partial charge in [-0.3, -0.25) is 4.79 Å².